The zero-order valence-electron chi connectivity index (χ0n) is 15.1. The number of anilines is 1. The number of carbonyl (C=O) groups excluding carboxylic acids is 2. The molecule has 0 bridgehead atoms. The summed E-state index contributed by atoms with van der Waals surface area (Å²) in [6.07, 6.45) is 2.71. The Morgan fingerprint density at radius 2 is 1.92 bits per heavy atom. The standard InChI is InChI=1S/C19H26N4O2/c1-4-23-13-16(18(22-23)19(25)20-12-14(2)3)21-17(24)11-10-15-8-6-5-7-9-15/h5-9,13-14H,4,10-12H2,1-3H3,(H,20,25)(H,21,24). The summed E-state index contributed by atoms with van der Waals surface area (Å²) in [4.78, 5) is 24.6. The third kappa shape index (κ3) is 5.74. The van der Waals surface area contributed by atoms with Gasteiger partial charge in [-0.1, -0.05) is 44.2 Å². The Morgan fingerprint density at radius 1 is 1.20 bits per heavy atom. The van der Waals surface area contributed by atoms with Crippen LogP contribution in [0.5, 0.6) is 0 Å². The fourth-order valence-corrected chi connectivity index (χ4v) is 2.34. The topological polar surface area (TPSA) is 76.0 Å². The fraction of sp³-hybridized carbons (Fsp3) is 0.421. The number of hydrogen-bond acceptors (Lipinski definition) is 3. The zero-order chi connectivity index (χ0) is 18.2. The van der Waals surface area contributed by atoms with Crippen LogP contribution in [0, 0.1) is 5.92 Å². The Morgan fingerprint density at radius 3 is 2.56 bits per heavy atom. The van der Waals surface area contributed by atoms with Gasteiger partial charge in [-0.25, -0.2) is 0 Å². The van der Waals surface area contributed by atoms with Crippen LogP contribution in [0.15, 0.2) is 36.5 Å². The average Bonchev–Trinajstić information content (AvgIpc) is 3.01. The summed E-state index contributed by atoms with van der Waals surface area (Å²) >= 11 is 0. The first-order valence-corrected chi connectivity index (χ1v) is 8.69. The lowest BCUT2D eigenvalue weighted by Crippen LogP contribution is -2.28. The van der Waals surface area contributed by atoms with Crippen LogP contribution < -0.4 is 10.6 Å². The molecule has 6 nitrogen and oxygen atoms in total. The number of benzene rings is 1. The van der Waals surface area contributed by atoms with Crippen molar-refractivity contribution in [3.05, 3.63) is 47.8 Å². The molecule has 1 heterocycles. The minimum absolute atomic E-state index is 0.127. The number of amides is 2. The van der Waals surface area contributed by atoms with Gasteiger partial charge in [-0.2, -0.15) is 5.10 Å². The number of aromatic nitrogens is 2. The predicted molar refractivity (Wildman–Crippen MR) is 98.5 cm³/mol. The number of hydrogen-bond donors (Lipinski definition) is 2. The van der Waals surface area contributed by atoms with Crippen LogP contribution in [0.3, 0.4) is 0 Å². The van der Waals surface area contributed by atoms with Crippen molar-refractivity contribution in [2.75, 3.05) is 11.9 Å². The van der Waals surface area contributed by atoms with Gasteiger partial charge in [-0.3, -0.25) is 14.3 Å². The van der Waals surface area contributed by atoms with E-state index in [4.69, 9.17) is 0 Å². The van der Waals surface area contributed by atoms with Crippen LogP contribution in [0.25, 0.3) is 0 Å². The summed E-state index contributed by atoms with van der Waals surface area (Å²) in [5, 5.41) is 9.93. The number of carbonyl (C=O) groups is 2. The predicted octanol–water partition coefficient (Wildman–Crippen LogP) is 2.86. The molecule has 1 aromatic heterocycles. The van der Waals surface area contributed by atoms with E-state index >= 15 is 0 Å². The molecular formula is C19H26N4O2. The number of nitrogens with one attached hydrogen (secondary N) is 2. The highest BCUT2D eigenvalue weighted by Gasteiger charge is 2.18. The van der Waals surface area contributed by atoms with Gasteiger partial charge in [0.05, 0.1) is 5.69 Å². The van der Waals surface area contributed by atoms with Gasteiger partial charge < -0.3 is 10.6 Å². The van der Waals surface area contributed by atoms with Gasteiger partial charge in [-0.05, 0) is 24.8 Å². The van der Waals surface area contributed by atoms with Crippen molar-refractivity contribution < 1.29 is 9.59 Å². The summed E-state index contributed by atoms with van der Waals surface area (Å²) < 4.78 is 1.65. The van der Waals surface area contributed by atoms with E-state index in [0.717, 1.165) is 5.56 Å². The first kappa shape index (κ1) is 18.7. The van der Waals surface area contributed by atoms with E-state index in [2.05, 4.69) is 15.7 Å². The summed E-state index contributed by atoms with van der Waals surface area (Å²) in [7, 11) is 0. The Kier molecular flexibility index (Phi) is 6.74. The third-order valence-electron chi connectivity index (χ3n) is 3.73. The van der Waals surface area contributed by atoms with E-state index in [1.807, 2.05) is 51.1 Å². The van der Waals surface area contributed by atoms with Gasteiger partial charge in [0.1, 0.15) is 0 Å². The van der Waals surface area contributed by atoms with Gasteiger partial charge in [0, 0.05) is 25.7 Å². The lowest BCUT2D eigenvalue weighted by molar-refractivity contribution is -0.116. The van der Waals surface area contributed by atoms with E-state index < -0.39 is 0 Å². The summed E-state index contributed by atoms with van der Waals surface area (Å²) in [5.74, 6) is -0.0437. The van der Waals surface area contributed by atoms with E-state index in [1.54, 1.807) is 10.9 Å². The molecular weight excluding hydrogens is 316 g/mol. The highest BCUT2D eigenvalue weighted by Crippen LogP contribution is 2.15. The maximum absolute atomic E-state index is 12.3. The molecule has 6 heteroatoms. The molecule has 1 aromatic carbocycles. The molecule has 0 saturated heterocycles. The smallest absolute Gasteiger partial charge is 0.273 e. The summed E-state index contributed by atoms with van der Waals surface area (Å²) in [5.41, 5.74) is 1.83. The van der Waals surface area contributed by atoms with Crippen molar-refractivity contribution in [1.29, 1.82) is 0 Å². The zero-order valence-corrected chi connectivity index (χ0v) is 15.1. The Bertz CT molecular complexity index is 707. The Hall–Kier alpha value is -2.63. The molecule has 0 saturated carbocycles. The van der Waals surface area contributed by atoms with Crippen LogP contribution in [0.4, 0.5) is 5.69 Å². The lowest BCUT2D eigenvalue weighted by Gasteiger charge is -2.08. The number of rotatable bonds is 8. The van der Waals surface area contributed by atoms with Crippen LogP contribution >= 0.6 is 0 Å². The summed E-state index contributed by atoms with van der Waals surface area (Å²) in [6.45, 7) is 7.18. The van der Waals surface area contributed by atoms with E-state index in [0.29, 0.717) is 37.5 Å². The van der Waals surface area contributed by atoms with Crippen molar-refractivity contribution in [2.45, 2.75) is 40.2 Å². The molecule has 0 unspecified atom stereocenters. The second-order valence-corrected chi connectivity index (χ2v) is 6.38. The molecule has 2 aromatic rings. The molecule has 2 N–H and O–H groups in total. The van der Waals surface area contributed by atoms with Crippen LogP contribution in [-0.2, 0) is 17.8 Å². The van der Waals surface area contributed by atoms with Crippen LogP contribution in [0.2, 0.25) is 0 Å². The van der Waals surface area contributed by atoms with Gasteiger partial charge in [-0.15, -0.1) is 0 Å². The van der Waals surface area contributed by atoms with Gasteiger partial charge in [0.25, 0.3) is 5.91 Å². The molecule has 0 radical (unpaired) electrons. The molecule has 134 valence electrons. The quantitative estimate of drug-likeness (QED) is 0.774. The molecule has 0 aliphatic heterocycles. The molecule has 2 amide bonds. The maximum atomic E-state index is 12.3. The monoisotopic (exact) mass is 342 g/mol. The first-order chi connectivity index (χ1) is 12.0. The summed E-state index contributed by atoms with van der Waals surface area (Å²) in [6, 6.07) is 9.84. The van der Waals surface area contributed by atoms with Gasteiger partial charge in [0.15, 0.2) is 5.69 Å². The number of aryl methyl sites for hydroxylation is 2. The Balaban J connectivity index is 2.01. The van der Waals surface area contributed by atoms with Crippen molar-refractivity contribution in [3.63, 3.8) is 0 Å². The molecule has 0 atom stereocenters. The van der Waals surface area contributed by atoms with Crippen LogP contribution in [0.1, 0.15) is 43.2 Å². The highest BCUT2D eigenvalue weighted by atomic mass is 16.2. The van der Waals surface area contributed by atoms with E-state index in [-0.39, 0.29) is 17.5 Å². The van der Waals surface area contributed by atoms with Crippen molar-refractivity contribution in [2.24, 2.45) is 5.92 Å². The first-order valence-electron chi connectivity index (χ1n) is 8.69. The molecule has 2 rings (SSSR count). The molecule has 0 aliphatic carbocycles. The lowest BCUT2D eigenvalue weighted by atomic mass is 10.1. The second kappa shape index (κ2) is 9.01. The van der Waals surface area contributed by atoms with Crippen molar-refractivity contribution in [1.82, 2.24) is 15.1 Å². The van der Waals surface area contributed by atoms with Crippen molar-refractivity contribution >= 4 is 17.5 Å². The minimum atomic E-state index is -0.265. The fourth-order valence-electron chi connectivity index (χ4n) is 2.34. The maximum Gasteiger partial charge on any atom is 0.273 e. The van der Waals surface area contributed by atoms with Crippen LogP contribution in [-0.4, -0.2) is 28.1 Å². The minimum Gasteiger partial charge on any atom is -0.350 e. The van der Waals surface area contributed by atoms with E-state index in [1.165, 1.54) is 0 Å². The molecule has 0 fully saturated rings. The second-order valence-electron chi connectivity index (χ2n) is 6.38. The number of nitrogens with zero attached hydrogens (tertiary/aromatic N) is 2. The SMILES string of the molecule is CCn1cc(NC(=O)CCc2ccccc2)c(C(=O)NCC(C)C)n1. The van der Waals surface area contributed by atoms with E-state index in [9.17, 15) is 9.59 Å². The Labute approximate surface area is 148 Å². The van der Waals surface area contributed by atoms with Gasteiger partial charge >= 0.3 is 0 Å². The average molecular weight is 342 g/mol. The molecule has 0 spiro atoms. The highest BCUT2D eigenvalue weighted by molar-refractivity contribution is 6.02. The molecule has 25 heavy (non-hydrogen) atoms. The molecule has 0 aliphatic rings. The third-order valence-corrected chi connectivity index (χ3v) is 3.73. The largest absolute Gasteiger partial charge is 0.350 e. The van der Waals surface area contributed by atoms with Crippen molar-refractivity contribution in [3.8, 4) is 0 Å². The van der Waals surface area contributed by atoms with Gasteiger partial charge in [0.2, 0.25) is 5.91 Å². The normalized spacial score (nSPS) is 10.7.